The number of hydrogen-bond acceptors (Lipinski definition) is 4. The first-order valence-electron chi connectivity index (χ1n) is 6.62. The van der Waals surface area contributed by atoms with Crippen LogP contribution in [0.3, 0.4) is 0 Å². The van der Waals surface area contributed by atoms with Gasteiger partial charge in [-0.2, -0.15) is 5.10 Å². The van der Waals surface area contributed by atoms with Crippen LogP contribution in [0, 0.1) is 0 Å². The molecular formula is C12H21N5S. The van der Waals surface area contributed by atoms with E-state index in [4.69, 9.17) is 18.0 Å². The predicted molar refractivity (Wildman–Crippen MR) is 75.1 cm³/mol. The Bertz CT molecular complexity index is 403. The van der Waals surface area contributed by atoms with E-state index < -0.39 is 0 Å². The van der Waals surface area contributed by atoms with Crippen molar-refractivity contribution in [2.75, 3.05) is 6.54 Å². The molecule has 1 aromatic heterocycles. The van der Waals surface area contributed by atoms with Crippen molar-refractivity contribution in [3.8, 4) is 0 Å². The number of aryl methyl sites for hydroxylation is 1. The van der Waals surface area contributed by atoms with Crippen LogP contribution in [0.5, 0.6) is 0 Å². The van der Waals surface area contributed by atoms with E-state index in [9.17, 15) is 0 Å². The molecule has 0 aliphatic carbocycles. The molecule has 18 heavy (non-hydrogen) atoms. The van der Waals surface area contributed by atoms with Gasteiger partial charge in [-0.3, -0.25) is 4.90 Å². The van der Waals surface area contributed by atoms with Gasteiger partial charge in [0.1, 0.15) is 12.2 Å². The molecule has 1 saturated heterocycles. The van der Waals surface area contributed by atoms with Gasteiger partial charge < -0.3 is 5.73 Å². The lowest BCUT2D eigenvalue weighted by Crippen LogP contribution is -2.46. The van der Waals surface area contributed by atoms with Crippen molar-refractivity contribution in [2.24, 2.45) is 5.73 Å². The zero-order valence-electron chi connectivity index (χ0n) is 10.9. The molecule has 0 radical (unpaired) electrons. The number of likely N-dealkylation sites (tertiary alicyclic amines) is 1. The van der Waals surface area contributed by atoms with Gasteiger partial charge in [-0.1, -0.05) is 25.6 Å². The fourth-order valence-electron chi connectivity index (χ4n) is 2.49. The molecule has 1 unspecified atom stereocenters. The minimum absolute atomic E-state index is 0.223. The lowest BCUT2D eigenvalue weighted by atomic mass is 10.0. The van der Waals surface area contributed by atoms with Crippen LogP contribution < -0.4 is 5.73 Å². The van der Waals surface area contributed by atoms with Gasteiger partial charge in [-0.25, -0.2) is 9.67 Å². The van der Waals surface area contributed by atoms with Crippen molar-refractivity contribution < 1.29 is 0 Å². The second kappa shape index (κ2) is 6.24. The Kier molecular flexibility index (Phi) is 4.66. The fraction of sp³-hybridized carbons (Fsp3) is 0.750. The summed E-state index contributed by atoms with van der Waals surface area (Å²) in [5.41, 5.74) is 5.83. The molecular weight excluding hydrogens is 246 g/mol. The van der Waals surface area contributed by atoms with E-state index in [1.54, 1.807) is 6.33 Å². The third-order valence-corrected chi connectivity index (χ3v) is 3.69. The highest BCUT2D eigenvalue weighted by Gasteiger charge is 2.25. The van der Waals surface area contributed by atoms with Gasteiger partial charge >= 0.3 is 0 Å². The molecule has 0 aromatic carbocycles. The lowest BCUT2D eigenvalue weighted by molar-refractivity contribution is 0.177. The van der Waals surface area contributed by atoms with E-state index in [1.165, 1.54) is 12.8 Å². The number of thiocarbonyl (C=S) groups is 1. The number of hydrogen-bond donors (Lipinski definition) is 1. The van der Waals surface area contributed by atoms with E-state index in [-0.39, 0.29) is 6.04 Å². The number of piperidine rings is 1. The first-order valence-corrected chi connectivity index (χ1v) is 7.03. The lowest BCUT2D eigenvalue weighted by Gasteiger charge is -2.34. The minimum atomic E-state index is 0.223. The molecule has 100 valence electrons. The van der Waals surface area contributed by atoms with E-state index in [2.05, 4.69) is 21.9 Å². The van der Waals surface area contributed by atoms with Crippen LogP contribution >= 0.6 is 12.2 Å². The SMILES string of the molecule is CCCn1ncnc1CN1CCCCC1C(N)=S. The van der Waals surface area contributed by atoms with Crippen molar-refractivity contribution in [1.29, 1.82) is 0 Å². The summed E-state index contributed by atoms with van der Waals surface area (Å²) in [4.78, 5) is 7.29. The Morgan fingerprint density at radius 1 is 1.56 bits per heavy atom. The molecule has 1 fully saturated rings. The van der Waals surface area contributed by atoms with Crippen LogP contribution in [0.25, 0.3) is 0 Å². The molecule has 6 heteroatoms. The third kappa shape index (κ3) is 3.05. The molecule has 1 aromatic rings. The number of nitrogens with zero attached hydrogens (tertiary/aromatic N) is 4. The Balaban J connectivity index is 2.06. The van der Waals surface area contributed by atoms with Gasteiger partial charge in [-0.05, 0) is 25.8 Å². The maximum absolute atomic E-state index is 5.83. The Labute approximate surface area is 113 Å². The van der Waals surface area contributed by atoms with Crippen LogP contribution in [0.1, 0.15) is 38.4 Å². The number of aromatic nitrogens is 3. The number of nitrogens with two attached hydrogens (primary N) is 1. The predicted octanol–water partition coefficient (Wildman–Crippen LogP) is 1.33. The van der Waals surface area contributed by atoms with Crippen molar-refractivity contribution >= 4 is 17.2 Å². The summed E-state index contributed by atoms with van der Waals surface area (Å²) in [6.07, 6.45) is 6.18. The second-order valence-electron chi connectivity index (χ2n) is 4.78. The summed E-state index contributed by atoms with van der Waals surface area (Å²) in [7, 11) is 0. The molecule has 2 N–H and O–H groups in total. The molecule has 0 saturated carbocycles. The highest BCUT2D eigenvalue weighted by Crippen LogP contribution is 2.19. The van der Waals surface area contributed by atoms with Crippen molar-refractivity contribution in [3.63, 3.8) is 0 Å². The highest BCUT2D eigenvalue weighted by atomic mass is 32.1. The van der Waals surface area contributed by atoms with Crippen LogP contribution in [0.15, 0.2) is 6.33 Å². The molecule has 0 bridgehead atoms. The van der Waals surface area contributed by atoms with Gasteiger partial charge in [0.2, 0.25) is 0 Å². The van der Waals surface area contributed by atoms with Crippen molar-refractivity contribution in [2.45, 2.75) is 51.7 Å². The first-order chi connectivity index (χ1) is 8.72. The fourth-order valence-corrected chi connectivity index (χ4v) is 2.76. The minimum Gasteiger partial charge on any atom is -0.392 e. The van der Waals surface area contributed by atoms with E-state index in [0.29, 0.717) is 4.99 Å². The maximum atomic E-state index is 5.83. The Morgan fingerprint density at radius 2 is 2.39 bits per heavy atom. The van der Waals surface area contributed by atoms with Gasteiger partial charge in [0.15, 0.2) is 0 Å². The molecule has 1 aliphatic rings. The Morgan fingerprint density at radius 3 is 3.11 bits per heavy atom. The van der Waals surface area contributed by atoms with Gasteiger partial charge in [0, 0.05) is 6.54 Å². The maximum Gasteiger partial charge on any atom is 0.141 e. The highest BCUT2D eigenvalue weighted by molar-refractivity contribution is 7.80. The van der Waals surface area contributed by atoms with Gasteiger partial charge in [0.05, 0.1) is 17.6 Å². The summed E-state index contributed by atoms with van der Waals surface area (Å²) in [6, 6.07) is 0.223. The zero-order chi connectivity index (χ0) is 13.0. The van der Waals surface area contributed by atoms with Crippen LogP contribution in [0.2, 0.25) is 0 Å². The van der Waals surface area contributed by atoms with Crippen LogP contribution in [0.4, 0.5) is 0 Å². The van der Waals surface area contributed by atoms with Crippen molar-refractivity contribution in [1.82, 2.24) is 19.7 Å². The normalized spacial score (nSPS) is 21.1. The smallest absolute Gasteiger partial charge is 0.141 e. The topological polar surface area (TPSA) is 60.0 Å². The van der Waals surface area contributed by atoms with Crippen molar-refractivity contribution in [3.05, 3.63) is 12.2 Å². The number of rotatable bonds is 5. The molecule has 1 aliphatic heterocycles. The largest absolute Gasteiger partial charge is 0.392 e. The summed E-state index contributed by atoms with van der Waals surface area (Å²) < 4.78 is 1.98. The monoisotopic (exact) mass is 267 g/mol. The summed E-state index contributed by atoms with van der Waals surface area (Å²) in [5, 5.41) is 4.26. The third-order valence-electron chi connectivity index (χ3n) is 3.42. The second-order valence-corrected chi connectivity index (χ2v) is 5.26. The summed E-state index contributed by atoms with van der Waals surface area (Å²) in [6.45, 7) is 4.90. The molecule has 2 heterocycles. The van der Waals surface area contributed by atoms with E-state index >= 15 is 0 Å². The average molecular weight is 267 g/mol. The van der Waals surface area contributed by atoms with Gasteiger partial charge in [0.25, 0.3) is 0 Å². The molecule has 1 atom stereocenters. The van der Waals surface area contributed by atoms with Crippen LogP contribution in [-0.4, -0.2) is 37.2 Å². The molecule has 5 nitrogen and oxygen atoms in total. The summed E-state index contributed by atoms with van der Waals surface area (Å²) >= 11 is 5.17. The van der Waals surface area contributed by atoms with E-state index in [0.717, 1.165) is 38.3 Å². The van der Waals surface area contributed by atoms with Gasteiger partial charge in [-0.15, -0.1) is 0 Å². The summed E-state index contributed by atoms with van der Waals surface area (Å²) in [5.74, 6) is 1.01. The quantitative estimate of drug-likeness (QED) is 0.816. The molecule has 2 rings (SSSR count). The van der Waals surface area contributed by atoms with E-state index in [1.807, 2.05) is 4.68 Å². The standard InChI is InChI=1S/C12H21N5S/c1-2-6-17-11(14-9-15-17)8-16-7-4-3-5-10(16)12(13)18/h9-10H,2-8H2,1H3,(H2,13,18). The average Bonchev–Trinajstić information content (AvgIpc) is 2.78. The first kappa shape index (κ1) is 13.4. The van der Waals surface area contributed by atoms with Crippen LogP contribution in [-0.2, 0) is 13.1 Å². The Hall–Kier alpha value is -1.01. The molecule has 0 amide bonds. The molecule has 0 spiro atoms. The zero-order valence-corrected chi connectivity index (χ0v) is 11.7.